The summed E-state index contributed by atoms with van der Waals surface area (Å²) in [6.45, 7) is 2.38. The second kappa shape index (κ2) is 11.1. The second-order valence-electron chi connectivity index (χ2n) is 12.3. The van der Waals surface area contributed by atoms with Gasteiger partial charge < -0.3 is 18.9 Å². The lowest BCUT2D eigenvalue weighted by molar-refractivity contribution is -0.187. The molecule has 2 bridgehead atoms. The molecule has 226 valence electrons. The topological polar surface area (TPSA) is 77.7 Å². The van der Waals surface area contributed by atoms with Crippen LogP contribution < -0.4 is 4.90 Å². The molecule has 4 aliphatic rings. The summed E-state index contributed by atoms with van der Waals surface area (Å²) in [6, 6.07) is 6.07. The standard InChI is InChI=1S/C31H36F3N3O4S/c1-2-39-29(38)18-9-12-25-26(13-18)42-30(35-25)37-19-10-11-20(37)15-21(14-19)40-16-23-27(36-41-28(23)17-7-8-17)22-5-3-4-6-24(22)31(32,33)34/h9,12-13,17,19-22,24H,2-8,10-11,14-16H2,1H3. The third-order valence-electron chi connectivity index (χ3n) is 9.60. The van der Waals surface area contributed by atoms with Crippen molar-refractivity contribution in [3.8, 4) is 0 Å². The average Bonchev–Trinajstić information content (AvgIpc) is 3.49. The van der Waals surface area contributed by atoms with Gasteiger partial charge in [0.05, 0.1) is 46.7 Å². The molecule has 2 aromatic heterocycles. The zero-order chi connectivity index (χ0) is 29.0. The summed E-state index contributed by atoms with van der Waals surface area (Å²) in [7, 11) is 0. The molecular weight excluding hydrogens is 567 g/mol. The first kappa shape index (κ1) is 28.1. The van der Waals surface area contributed by atoms with E-state index in [4.69, 9.17) is 19.0 Å². The average molecular weight is 604 g/mol. The number of carbonyl (C=O) groups is 1. The first-order valence-electron chi connectivity index (χ1n) is 15.3. The Bertz CT molecular complexity index is 1440. The number of ether oxygens (including phenoxy) is 2. The Balaban J connectivity index is 1.06. The van der Waals surface area contributed by atoms with Crippen molar-refractivity contribution < 1.29 is 32.0 Å². The van der Waals surface area contributed by atoms with E-state index in [9.17, 15) is 18.0 Å². The van der Waals surface area contributed by atoms with Crippen molar-refractivity contribution in [3.05, 3.63) is 40.8 Å². The van der Waals surface area contributed by atoms with Crippen molar-refractivity contribution in [1.82, 2.24) is 10.1 Å². The monoisotopic (exact) mass is 603 g/mol. The van der Waals surface area contributed by atoms with E-state index in [-0.39, 0.29) is 43.1 Å². The first-order valence-corrected chi connectivity index (χ1v) is 16.1. The number of piperidine rings is 1. The minimum atomic E-state index is -4.24. The van der Waals surface area contributed by atoms with Crippen LogP contribution in [0.2, 0.25) is 0 Å². The summed E-state index contributed by atoms with van der Waals surface area (Å²) in [4.78, 5) is 19.5. The zero-order valence-corrected chi connectivity index (χ0v) is 24.5. The Morgan fingerprint density at radius 2 is 1.86 bits per heavy atom. The molecule has 2 aliphatic carbocycles. The van der Waals surface area contributed by atoms with Crippen LogP contribution in [0, 0.1) is 5.92 Å². The van der Waals surface area contributed by atoms with Gasteiger partial charge in [-0.05, 0) is 76.5 Å². The molecule has 7 rings (SSSR count). The van der Waals surface area contributed by atoms with Gasteiger partial charge in [-0.3, -0.25) is 0 Å². The maximum atomic E-state index is 14.0. The summed E-state index contributed by atoms with van der Waals surface area (Å²) in [6.07, 6.45) is 3.55. The van der Waals surface area contributed by atoms with Gasteiger partial charge in [-0.25, -0.2) is 9.78 Å². The predicted octanol–water partition coefficient (Wildman–Crippen LogP) is 7.89. The molecule has 2 aliphatic heterocycles. The third kappa shape index (κ3) is 5.31. The molecular formula is C31H36F3N3O4S. The van der Waals surface area contributed by atoms with Crippen LogP contribution in [-0.2, 0) is 16.1 Å². The minimum Gasteiger partial charge on any atom is -0.462 e. The SMILES string of the molecule is CCOC(=O)c1ccc2nc(N3C4CCC3CC(OCc3c(C5CCCCC5C(F)(F)F)noc3C3CC3)C4)sc2c1. The summed E-state index contributed by atoms with van der Waals surface area (Å²) in [5.74, 6) is -1.36. The molecule has 4 heterocycles. The summed E-state index contributed by atoms with van der Waals surface area (Å²) < 4.78 is 60.3. The van der Waals surface area contributed by atoms with Gasteiger partial charge in [0.1, 0.15) is 5.76 Å². The first-order chi connectivity index (χ1) is 20.3. The fourth-order valence-corrected chi connectivity index (χ4v) is 8.58. The maximum Gasteiger partial charge on any atom is 0.392 e. The molecule has 1 aromatic carbocycles. The van der Waals surface area contributed by atoms with Gasteiger partial charge in [0, 0.05) is 29.5 Å². The Morgan fingerprint density at radius 1 is 1.10 bits per heavy atom. The molecule has 42 heavy (non-hydrogen) atoms. The number of esters is 1. The number of fused-ring (bicyclic) bond motifs is 3. The highest BCUT2D eigenvalue weighted by Gasteiger charge is 2.49. The van der Waals surface area contributed by atoms with E-state index in [1.165, 1.54) is 0 Å². The second-order valence-corrected chi connectivity index (χ2v) is 13.3. The lowest BCUT2D eigenvalue weighted by Crippen LogP contribution is -2.45. The van der Waals surface area contributed by atoms with Crippen molar-refractivity contribution in [2.45, 2.75) is 114 Å². The smallest absolute Gasteiger partial charge is 0.392 e. The number of hydrogen-bond donors (Lipinski definition) is 0. The quantitative estimate of drug-likeness (QED) is 0.242. The van der Waals surface area contributed by atoms with Crippen molar-refractivity contribution in [2.75, 3.05) is 11.5 Å². The lowest BCUT2D eigenvalue weighted by Gasteiger charge is -2.38. The van der Waals surface area contributed by atoms with E-state index in [2.05, 4.69) is 10.1 Å². The van der Waals surface area contributed by atoms with Gasteiger partial charge in [0.25, 0.3) is 0 Å². The number of hydrogen-bond acceptors (Lipinski definition) is 8. The predicted molar refractivity (Wildman–Crippen MR) is 152 cm³/mol. The zero-order valence-electron chi connectivity index (χ0n) is 23.7. The van der Waals surface area contributed by atoms with Crippen LogP contribution in [0.5, 0.6) is 0 Å². The van der Waals surface area contributed by atoms with Gasteiger partial charge in [0.2, 0.25) is 0 Å². The summed E-state index contributed by atoms with van der Waals surface area (Å²) in [5, 5.41) is 5.23. The highest BCUT2D eigenvalue weighted by atomic mass is 32.1. The molecule has 11 heteroatoms. The van der Waals surface area contributed by atoms with Gasteiger partial charge in [-0.1, -0.05) is 29.3 Å². The number of halogens is 3. The van der Waals surface area contributed by atoms with Crippen LogP contribution >= 0.6 is 11.3 Å². The van der Waals surface area contributed by atoms with Crippen molar-refractivity contribution >= 4 is 32.7 Å². The van der Waals surface area contributed by atoms with Gasteiger partial charge in [0.15, 0.2) is 5.13 Å². The highest BCUT2D eigenvalue weighted by molar-refractivity contribution is 7.22. The molecule has 2 saturated carbocycles. The van der Waals surface area contributed by atoms with Crippen LogP contribution in [-0.4, -0.2) is 47.1 Å². The number of thiazole rings is 1. The molecule has 4 fully saturated rings. The molecule has 4 unspecified atom stereocenters. The van der Waals surface area contributed by atoms with Crippen LogP contribution in [0.4, 0.5) is 18.3 Å². The molecule has 2 saturated heterocycles. The molecule has 3 aromatic rings. The van der Waals surface area contributed by atoms with Crippen molar-refractivity contribution in [3.63, 3.8) is 0 Å². The van der Waals surface area contributed by atoms with Crippen LogP contribution in [0.1, 0.15) is 110 Å². The van der Waals surface area contributed by atoms with E-state index in [0.717, 1.165) is 71.6 Å². The van der Waals surface area contributed by atoms with Crippen LogP contribution in [0.3, 0.4) is 0 Å². The largest absolute Gasteiger partial charge is 0.462 e. The normalized spacial score (nSPS) is 28.0. The number of benzene rings is 1. The minimum absolute atomic E-state index is 0.0168. The van der Waals surface area contributed by atoms with Crippen LogP contribution in [0.25, 0.3) is 10.2 Å². The molecule has 0 N–H and O–H groups in total. The fourth-order valence-electron chi connectivity index (χ4n) is 7.43. The summed E-state index contributed by atoms with van der Waals surface area (Å²) >= 11 is 1.60. The number of aromatic nitrogens is 2. The molecule has 0 spiro atoms. The molecule has 7 nitrogen and oxygen atoms in total. The Kier molecular flexibility index (Phi) is 7.45. The van der Waals surface area contributed by atoms with Crippen LogP contribution in [0.15, 0.2) is 22.7 Å². The molecule has 0 radical (unpaired) electrons. The number of nitrogens with zero attached hydrogens (tertiary/aromatic N) is 3. The highest BCUT2D eigenvalue weighted by Crippen LogP contribution is 2.50. The van der Waals surface area contributed by atoms with E-state index < -0.39 is 18.0 Å². The molecule has 4 atom stereocenters. The number of anilines is 1. The van der Waals surface area contributed by atoms with E-state index >= 15 is 0 Å². The third-order valence-corrected chi connectivity index (χ3v) is 10.6. The Hall–Kier alpha value is -2.66. The van der Waals surface area contributed by atoms with Crippen molar-refractivity contribution in [2.24, 2.45) is 5.92 Å². The fraction of sp³-hybridized carbons (Fsp3) is 0.645. The van der Waals surface area contributed by atoms with E-state index in [0.29, 0.717) is 30.7 Å². The maximum absolute atomic E-state index is 14.0. The summed E-state index contributed by atoms with van der Waals surface area (Å²) in [5.41, 5.74) is 2.66. The van der Waals surface area contributed by atoms with E-state index in [1.54, 1.807) is 24.3 Å². The van der Waals surface area contributed by atoms with E-state index in [1.807, 2.05) is 12.1 Å². The van der Waals surface area contributed by atoms with Gasteiger partial charge in [-0.2, -0.15) is 13.2 Å². The van der Waals surface area contributed by atoms with Gasteiger partial charge in [-0.15, -0.1) is 0 Å². The molecule has 0 amide bonds. The number of rotatable bonds is 8. The Labute approximate surface area is 246 Å². The van der Waals surface area contributed by atoms with Gasteiger partial charge >= 0.3 is 12.1 Å². The van der Waals surface area contributed by atoms with Crippen molar-refractivity contribution in [1.29, 1.82) is 0 Å². The lowest BCUT2D eigenvalue weighted by atomic mass is 9.76. The number of alkyl halides is 3. The Morgan fingerprint density at radius 3 is 2.57 bits per heavy atom. The number of carbonyl (C=O) groups excluding carboxylic acids is 1.